The van der Waals surface area contributed by atoms with Gasteiger partial charge in [0.1, 0.15) is 11.0 Å². The van der Waals surface area contributed by atoms with Crippen molar-refractivity contribution in [2.24, 2.45) is 0 Å². The van der Waals surface area contributed by atoms with Crippen molar-refractivity contribution >= 4 is 27.5 Å². The maximum atomic E-state index is 13.0. The number of aromatic amines is 1. The second-order valence-electron chi connectivity index (χ2n) is 3.19. The van der Waals surface area contributed by atoms with Crippen LogP contribution < -0.4 is 11.2 Å². The van der Waals surface area contributed by atoms with E-state index < -0.39 is 17.1 Å². The number of hydrogen-bond acceptors (Lipinski definition) is 2. The van der Waals surface area contributed by atoms with E-state index >= 15 is 0 Å². The fourth-order valence-electron chi connectivity index (χ4n) is 1.34. The Bertz CT molecular complexity index is 664. The van der Waals surface area contributed by atoms with Gasteiger partial charge in [-0.15, -0.1) is 0 Å². The summed E-state index contributed by atoms with van der Waals surface area (Å²) < 4.78 is 14.1. The molecule has 4 nitrogen and oxygen atoms in total. The molecule has 88 valence electrons. The summed E-state index contributed by atoms with van der Waals surface area (Å²) in [6.45, 7) is 0. The Balaban J connectivity index is 2.73. The standard InChI is InChI=1S/C10H5BrClFN2O2/c11-6-3-5(1-2-7(6)13)15-9(16)4-8(12)14-10(15)17/h1-4H,(H,14,17). The molecular formula is C10H5BrClFN2O2. The number of nitrogens with zero attached hydrogens (tertiary/aromatic N) is 1. The van der Waals surface area contributed by atoms with Crippen molar-refractivity contribution in [2.45, 2.75) is 0 Å². The zero-order valence-electron chi connectivity index (χ0n) is 8.21. The normalized spacial score (nSPS) is 10.5. The molecule has 0 aliphatic carbocycles. The van der Waals surface area contributed by atoms with E-state index in [0.717, 1.165) is 16.7 Å². The summed E-state index contributed by atoms with van der Waals surface area (Å²) in [5, 5.41) is -0.0440. The maximum absolute atomic E-state index is 13.0. The molecule has 2 rings (SSSR count). The monoisotopic (exact) mass is 318 g/mol. The van der Waals surface area contributed by atoms with Crippen LogP contribution in [0, 0.1) is 5.82 Å². The van der Waals surface area contributed by atoms with Crippen LogP contribution in [0.3, 0.4) is 0 Å². The van der Waals surface area contributed by atoms with Gasteiger partial charge in [-0.2, -0.15) is 0 Å². The number of halogens is 3. The minimum absolute atomic E-state index is 0.0440. The smallest absolute Gasteiger partial charge is 0.297 e. The Labute approximate surface area is 108 Å². The molecule has 1 aromatic carbocycles. The van der Waals surface area contributed by atoms with Crippen LogP contribution >= 0.6 is 27.5 Å². The largest absolute Gasteiger partial charge is 0.334 e. The second-order valence-corrected chi connectivity index (χ2v) is 4.46. The predicted molar refractivity (Wildman–Crippen MR) is 65.3 cm³/mol. The van der Waals surface area contributed by atoms with Crippen LogP contribution in [0.2, 0.25) is 5.15 Å². The van der Waals surface area contributed by atoms with Gasteiger partial charge in [-0.3, -0.25) is 9.78 Å². The predicted octanol–water partition coefficient (Wildman–Crippen LogP) is 2.08. The van der Waals surface area contributed by atoms with Crippen molar-refractivity contribution in [3.8, 4) is 5.69 Å². The molecule has 7 heteroatoms. The summed E-state index contributed by atoms with van der Waals surface area (Å²) in [5.74, 6) is -0.479. The van der Waals surface area contributed by atoms with E-state index in [2.05, 4.69) is 20.9 Å². The van der Waals surface area contributed by atoms with Crippen LogP contribution in [0.5, 0.6) is 0 Å². The topological polar surface area (TPSA) is 54.9 Å². The highest BCUT2D eigenvalue weighted by Crippen LogP contribution is 2.17. The SMILES string of the molecule is O=c1cc(Cl)[nH]c(=O)n1-c1ccc(F)c(Br)c1. The quantitative estimate of drug-likeness (QED) is 0.818. The van der Waals surface area contributed by atoms with Crippen LogP contribution in [-0.2, 0) is 0 Å². The Morgan fingerprint density at radius 2 is 2.00 bits per heavy atom. The Morgan fingerprint density at radius 1 is 1.29 bits per heavy atom. The molecule has 0 saturated heterocycles. The summed E-state index contributed by atoms with van der Waals surface area (Å²) in [4.78, 5) is 25.5. The highest BCUT2D eigenvalue weighted by Gasteiger charge is 2.08. The van der Waals surface area contributed by atoms with E-state index in [1.165, 1.54) is 12.1 Å². The first-order chi connectivity index (χ1) is 7.99. The van der Waals surface area contributed by atoms with Crippen molar-refractivity contribution in [2.75, 3.05) is 0 Å². The van der Waals surface area contributed by atoms with E-state index in [0.29, 0.717) is 0 Å². The number of aromatic nitrogens is 2. The first kappa shape index (κ1) is 12.1. The van der Waals surface area contributed by atoms with Crippen LogP contribution in [0.1, 0.15) is 0 Å². The fourth-order valence-corrected chi connectivity index (χ4v) is 1.88. The first-order valence-corrected chi connectivity index (χ1v) is 5.63. The minimum atomic E-state index is -0.680. The molecule has 2 aromatic rings. The third kappa shape index (κ3) is 2.32. The average molecular weight is 320 g/mol. The molecule has 0 atom stereocenters. The van der Waals surface area contributed by atoms with E-state index in [1.807, 2.05) is 0 Å². The molecule has 0 fully saturated rings. The first-order valence-electron chi connectivity index (χ1n) is 4.46. The minimum Gasteiger partial charge on any atom is -0.297 e. The summed E-state index contributed by atoms with van der Waals surface area (Å²) >= 11 is 8.51. The number of benzene rings is 1. The van der Waals surface area contributed by atoms with Crippen LogP contribution in [0.4, 0.5) is 4.39 Å². The number of H-pyrrole nitrogens is 1. The lowest BCUT2D eigenvalue weighted by Gasteiger charge is -2.05. The van der Waals surface area contributed by atoms with Gasteiger partial charge in [0.15, 0.2) is 0 Å². The zero-order valence-corrected chi connectivity index (χ0v) is 10.5. The van der Waals surface area contributed by atoms with Crippen LogP contribution in [-0.4, -0.2) is 9.55 Å². The highest BCUT2D eigenvalue weighted by molar-refractivity contribution is 9.10. The Morgan fingerprint density at radius 3 is 2.59 bits per heavy atom. The molecule has 1 aromatic heterocycles. The van der Waals surface area contributed by atoms with Crippen molar-refractivity contribution in [3.05, 3.63) is 60.5 Å². The molecule has 0 radical (unpaired) electrons. The van der Waals surface area contributed by atoms with Crippen molar-refractivity contribution in [1.82, 2.24) is 9.55 Å². The van der Waals surface area contributed by atoms with Gasteiger partial charge in [-0.1, -0.05) is 11.6 Å². The molecule has 0 saturated carbocycles. The number of rotatable bonds is 1. The molecular weight excluding hydrogens is 314 g/mol. The van der Waals surface area contributed by atoms with E-state index in [4.69, 9.17) is 11.6 Å². The lowest BCUT2D eigenvalue weighted by Crippen LogP contribution is -2.32. The van der Waals surface area contributed by atoms with Crippen molar-refractivity contribution in [3.63, 3.8) is 0 Å². The Kier molecular flexibility index (Phi) is 3.17. The molecule has 0 aliphatic heterocycles. The average Bonchev–Trinajstić information content (AvgIpc) is 2.21. The number of nitrogens with one attached hydrogen (secondary N) is 1. The van der Waals surface area contributed by atoms with E-state index in [1.54, 1.807) is 0 Å². The summed E-state index contributed by atoms with van der Waals surface area (Å²) in [6, 6.07) is 4.88. The van der Waals surface area contributed by atoms with E-state index in [-0.39, 0.29) is 15.3 Å². The van der Waals surface area contributed by atoms with Gasteiger partial charge in [0.25, 0.3) is 5.56 Å². The van der Waals surface area contributed by atoms with Gasteiger partial charge >= 0.3 is 5.69 Å². The highest BCUT2D eigenvalue weighted by atomic mass is 79.9. The van der Waals surface area contributed by atoms with Crippen molar-refractivity contribution < 1.29 is 4.39 Å². The van der Waals surface area contributed by atoms with Crippen LogP contribution in [0.25, 0.3) is 5.69 Å². The van der Waals surface area contributed by atoms with E-state index in [9.17, 15) is 14.0 Å². The third-order valence-electron chi connectivity index (χ3n) is 2.06. The number of hydrogen-bond donors (Lipinski definition) is 1. The summed E-state index contributed by atoms with van der Waals surface area (Å²) in [6.07, 6.45) is 0. The Hall–Kier alpha value is -1.40. The molecule has 0 aliphatic rings. The van der Waals surface area contributed by atoms with Gasteiger partial charge in [-0.25, -0.2) is 13.8 Å². The summed E-state index contributed by atoms with van der Waals surface area (Å²) in [7, 11) is 0. The molecule has 0 unspecified atom stereocenters. The lowest BCUT2D eigenvalue weighted by atomic mass is 10.3. The third-order valence-corrected chi connectivity index (χ3v) is 2.87. The van der Waals surface area contributed by atoms with Gasteiger partial charge < -0.3 is 0 Å². The second kappa shape index (κ2) is 4.46. The van der Waals surface area contributed by atoms with Crippen molar-refractivity contribution in [1.29, 1.82) is 0 Å². The van der Waals surface area contributed by atoms with Gasteiger partial charge in [0.2, 0.25) is 0 Å². The van der Waals surface area contributed by atoms with Gasteiger partial charge in [-0.05, 0) is 34.1 Å². The summed E-state index contributed by atoms with van der Waals surface area (Å²) in [5.41, 5.74) is -1.01. The van der Waals surface area contributed by atoms with Gasteiger partial charge in [0.05, 0.1) is 10.2 Å². The van der Waals surface area contributed by atoms with Gasteiger partial charge in [0, 0.05) is 6.07 Å². The maximum Gasteiger partial charge on any atom is 0.334 e. The fraction of sp³-hybridized carbons (Fsp3) is 0. The molecule has 1 heterocycles. The molecule has 1 N–H and O–H groups in total. The lowest BCUT2D eigenvalue weighted by molar-refractivity contribution is 0.620. The molecule has 17 heavy (non-hydrogen) atoms. The molecule has 0 spiro atoms. The molecule has 0 bridgehead atoms. The zero-order chi connectivity index (χ0) is 12.6. The molecule has 0 amide bonds. The van der Waals surface area contributed by atoms with Crippen LogP contribution in [0.15, 0.2) is 38.3 Å².